The van der Waals surface area contributed by atoms with Crippen molar-refractivity contribution in [3.8, 4) is 17.0 Å². The average molecular weight is 521 g/mol. The van der Waals surface area contributed by atoms with E-state index in [1.165, 1.54) is 6.07 Å². The standard InChI is InChI=1S/C28H30F2N6O2/c1-15-8-17(9-24(31)28(15)35(3)16(2)37)21-6-7-32-13-18(21)10-26-33-14-19-4-5-25(34-36(19)26)27-22(29)11-20(38)12-23(27)30/h4-7,11-15,17,24,28,38H,8-10,31H2,1-3H3/t15-,17+,24+,28-/m0/s1. The van der Waals surface area contributed by atoms with E-state index in [0.717, 1.165) is 36.1 Å². The van der Waals surface area contributed by atoms with Crippen molar-refractivity contribution in [1.29, 1.82) is 0 Å². The van der Waals surface area contributed by atoms with Crippen molar-refractivity contribution in [2.45, 2.75) is 51.1 Å². The monoisotopic (exact) mass is 520 g/mol. The van der Waals surface area contributed by atoms with Gasteiger partial charge in [0.1, 0.15) is 23.2 Å². The molecule has 1 fully saturated rings. The molecule has 1 amide bonds. The summed E-state index contributed by atoms with van der Waals surface area (Å²) in [5.74, 6) is -1.30. The van der Waals surface area contributed by atoms with Crippen LogP contribution in [-0.2, 0) is 11.2 Å². The summed E-state index contributed by atoms with van der Waals surface area (Å²) >= 11 is 0. The second-order valence-electron chi connectivity index (χ2n) is 10.2. The number of phenols is 1. The zero-order valence-electron chi connectivity index (χ0n) is 21.5. The minimum absolute atomic E-state index is 0.00507. The number of carbonyl (C=O) groups excluding carboxylic acids is 1. The molecular weight excluding hydrogens is 490 g/mol. The Bertz CT molecular complexity index is 1470. The SMILES string of the molecule is CC(=O)N(C)[C@@H]1[C@H](N)C[C@H](c2ccncc2Cc2ncc3ccc(-c4c(F)cc(O)cc4F)nn23)C[C@@H]1C. The molecule has 8 nitrogen and oxygen atoms in total. The van der Waals surface area contributed by atoms with Gasteiger partial charge in [0.05, 0.1) is 23.0 Å². The van der Waals surface area contributed by atoms with Gasteiger partial charge in [0.2, 0.25) is 5.91 Å². The van der Waals surface area contributed by atoms with Crippen molar-refractivity contribution in [3.05, 3.63) is 77.5 Å². The molecule has 0 saturated heterocycles. The lowest BCUT2D eigenvalue weighted by atomic mass is 9.72. The molecule has 1 aliphatic carbocycles. The van der Waals surface area contributed by atoms with Crippen LogP contribution in [0.4, 0.5) is 8.78 Å². The predicted molar refractivity (Wildman–Crippen MR) is 138 cm³/mol. The van der Waals surface area contributed by atoms with E-state index in [0.29, 0.717) is 17.8 Å². The Morgan fingerprint density at radius 3 is 2.61 bits per heavy atom. The van der Waals surface area contributed by atoms with Gasteiger partial charge in [-0.1, -0.05) is 6.92 Å². The fraction of sp³-hybridized carbons (Fsp3) is 0.357. The van der Waals surface area contributed by atoms with Crippen LogP contribution in [-0.4, -0.2) is 54.6 Å². The molecule has 0 bridgehead atoms. The molecule has 1 saturated carbocycles. The van der Waals surface area contributed by atoms with E-state index in [4.69, 9.17) is 5.73 Å². The third kappa shape index (κ3) is 4.71. The van der Waals surface area contributed by atoms with Gasteiger partial charge in [-0.15, -0.1) is 0 Å². The highest BCUT2D eigenvalue weighted by molar-refractivity contribution is 5.73. The Hall–Kier alpha value is -3.92. The van der Waals surface area contributed by atoms with Gasteiger partial charge in [-0.2, -0.15) is 5.10 Å². The molecule has 3 heterocycles. The second-order valence-corrected chi connectivity index (χ2v) is 10.2. The van der Waals surface area contributed by atoms with Gasteiger partial charge in [-0.3, -0.25) is 9.78 Å². The first-order valence-electron chi connectivity index (χ1n) is 12.6. The van der Waals surface area contributed by atoms with E-state index >= 15 is 0 Å². The summed E-state index contributed by atoms with van der Waals surface area (Å²) in [6.45, 7) is 3.69. The van der Waals surface area contributed by atoms with Crippen LogP contribution in [0, 0.1) is 17.6 Å². The summed E-state index contributed by atoms with van der Waals surface area (Å²) in [7, 11) is 1.81. The van der Waals surface area contributed by atoms with Crippen molar-refractivity contribution in [2.75, 3.05) is 7.05 Å². The maximum atomic E-state index is 14.5. The van der Waals surface area contributed by atoms with Crippen LogP contribution in [0.25, 0.3) is 16.8 Å². The number of likely N-dealkylation sites (N-methyl/N-ethyl adjacent to an activating group) is 1. The Labute approximate surface area is 219 Å². The molecule has 0 radical (unpaired) electrons. The lowest BCUT2D eigenvalue weighted by molar-refractivity contribution is -0.131. The fourth-order valence-corrected chi connectivity index (χ4v) is 5.85. The van der Waals surface area contributed by atoms with Gasteiger partial charge in [-0.25, -0.2) is 18.3 Å². The largest absolute Gasteiger partial charge is 0.508 e. The molecule has 10 heteroatoms. The average Bonchev–Trinajstić information content (AvgIpc) is 3.25. The summed E-state index contributed by atoms with van der Waals surface area (Å²) in [6, 6.07) is 6.75. The van der Waals surface area contributed by atoms with Crippen molar-refractivity contribution >= 4 is 11.4 Å². The molecule has 38 heavy (non-hydrogen) atoms. The topological polar surface area (TPSA) is 110 Å². The number of hydrogen-bond donors (Lipinski definition) is 2. The number of phenolic OH excluding ortho intramolecular Hbond substituents is 1. The lowest BCUT2D eigenvalue weighted by Crippen LogP contribution is -2.54. The molecule has 4 aromatic rings. The summed E-state index contributed by atoms with van der Waals surface area (Å²) in [4.78, 5) is 22.6. The minimum atomic E-state index is -0.901. The van der Waals surface area contributed by atoms with Gasteiger partial charge in [0, 0.05) is 57.0 Å². The molecule has 4 atom stereocenters. The third-order valence-corrected chi connectivity index (χ3v) is 7.65. The highest BCUT2D eigenvalue weighted by Crippen LogP contribution is 2.39. The van der Waals surface area contributed by atoms with Gasteiger partial charge in [-0.05, 0) is 54.0 Å². The predicted octanol–water partition coefficient (Wildman–Crippen LogP) is 4.05. The van der Waals surface area contributed by atoms with Crippen molar-refractivity contribution in [3.63, 3.8) is 0 Å². The molecule has 1 aliphatic rings. The normalized spacial score (nSPS) is 21.5. The summed E-state index contributed by atoms with van der Waals surface area (Å²) in [6.07, 6.45) is 7.24. The molecule has 198 valence electrons. The second kappa shape index (κ2) is 10.1. The number of halogens is 2. The number of nitrogens with zero attached hydrogens (tertiary/aromatic N) is 5. The number of pyridine rings is 1. The summed E-state index contributed by atoms with van der Waals surface area (Å²) < 4.78 is 30.6. The van der Waals surface area contributed by atoms with Gasteiger partial charge in [0.25, 0.3) is 0 Å². The Morgan fingerprint density at radius 1 is 1.18 bits per heavy atom. The highest BCUT2D eigenvalue weighted by Gasteiger charge is 2.38. The first-order chi connectivity index (χ1) is 18.1. The number of aromatic hydroxyl groups is 1. The minimum Gasteiger partial charge on any atom is -0.508 e. The molecule has 3 aromatic heterocycles. The van der Waals surface area contributed by atoms with Crippen LogP contribution in [0.2, 0.25) is 0 Å². The van der Waals surface area contributed by atoms with Gasteiger partial charge >= 0.3 is 0 Å². The Balaban J connectivity index is 1.46. The summed E-state index contributed by atoms with van der Waals surface area (Å²) in [5.41, 5.74) is 9.13. The molecule has 1 aromatic carbocycles. The van der Waals surface area contributed by atoms with Crippen LogP contribution in [0.1, 0.15) is 49.6 Å². The number of hydrogen-bond acceptors (Lipinski definition) is 6. The van der Waals surface area contributed by atoms with Crippen LogP contribution >= 0.6 is 0 Å². The zero-order valence-corrected chi connectivity index (χ0v) is 21.5. The zero-order chi connectivity index (χ0) is 27.1. The number of imidazole rings is 1. The molecule has 3 N–H and O–H groups in total. The van der Waals surface area contributed by atoms with E-state index < -0.39 is 17.4 Å². The molecular formula is C28H30F2N6O2. The number of aromatic nitrogens is 4. The first kappa shape index (κ1) is 25.7. The van der Waals surface area contributed by atoms with E-state index in [9.17, 15) is 18.7 Å². The van der Waals surface area contributed by atoms with E-state index in [1.807, 2.05) is 19.3 Å². The molecule has 5 rings (SSSR count). The Kier molecular flexibility index (Phi) is 6.83. The number of carbonyl (C=O) groups is 1. The van der Waals surface area contributed by atoms with Crippen molar-refractivity contribution in [1.82, 2.24) is 24.5 Å². The van der Waals surface area contributed by atoms with Gasteiger partial charge in [0.15, 0.2) is 0 Å². The van der Waals surface area contributed by atoms with E-state index in [2.05, 4.69) is 22.0 Å². The first-order valence-corrected chi connectivity index (χ1v) is 12.6. The van der Waals surface area contributed by atoms with Crippen LogP contribution in [0.15, 0.2) is 48.9 Å². The number of nitrogens with two attached hydrogens (primary N) is 1. The highest BCUT2D eigenvalue weighted by atomic mass is 19.1. The maximum Gasteiger partial charge on any atom is 0.219 e. The summed E-state index contributed by atoms with van der Waals surface area (Å²) in [5, 5.41) is 14.0. The number of rotatable bonds is 5. The quantitative estimate of drug-likeness (QED) is 0.411. The Morgan fingerprint density at radius 2 is 1.92 bits per heavy atom. The number of amides is 1. The molecule has 0 aliphatic heterocycles. The maximum absolute atomic E-state index is 14.5. The number of fused-ring (bicyclic) bond motifs is 1. The third-order valence-electron chi connectivity index (χ3n) is 7.65. The van der Waals surface area contributed by atoms with Crippen LogP contribution in [0.3, 0.4) is 0 Å². The fourth-order valence-electron chi connectivity index (χ4n) is 5.85. The lowest BCUT2D eigenvalue weighted by Gasteiger charge is -2.43. The van der Waals surface area contributed by atoms with Crippen molar-refractivity contribution in [2.24, 2.45) is 11.7 Å². The molecule has 0 unspecified atom stereocenters. The smallest absolute Gasteiger partial charge is 0.219 e. The van der Waals surface area contributed by atoms with E-state index in [1.54, 1.807) is 34.8 Å². The van der Waals surface area contributed by atoms with E-state index in [-0.39, 0.29) is 41.1 Å². The van der Waals surface area contributed by atoms with Gasteiger partial charge < -0.3 is 15.7 Å². The van der Waals surface area contributed by atoms with Crippen molar-refractivity contribution < 1.29 is 18.7 Å². The number of benzene rings is 1. The van der Waals surface area contributed by atoms with Crippen LogP contribution < -0.4 is 5.73 Å². The van der Waals surface area contributed by atoms with Crippen LogP contribution in [0.5, 0.6) is 5.75 Å². The molecule has 0 spiro atoms.